The lowest BCUT2D eigenvalue weighted by atomic mass is 10.1. The number of rotatable bonds is 6. The third-order valence-corrected chi connectivity index (χ3v) is 6.44. The van der Waals surface area contributed by atoms with Crippen LogP contribution in [0, 0.1) is 0 Å². The van der Waals surface area contributed by atoms with Crippen molar-refractivity contribution >= 4 is 40.0 Å². The lowest BCUT2D eigenvalue weighted by molar-refractivity contribution is -0.118. The van der Waals surface area contributed by atoms with Crippen LogP contribution < -0.4 is 15.0 Å². The topological polar surface area (TPSA) is 84.7 Å². The SMILES string of the molecule is O=C1NC(=O)C(Cc2ccc(OC[C@@H]3CCCN3c3nc4ccccc4o3)cc2)S1. The van der Waals surface area contributed by atoms with Gasteiger partial charge in [-0.25, -0.2) is 0 Å². The number of thioether (sulfide) groups is 1. The molecule has 0 saturated carbocycles. The number of hydrogen-bond donors (Lipinski definition) is 1. The summed E-state index contributed by atoms with van der Waals surface area (Å²) in [7, 11) is 0. The van der Waals surface area contributed by atoms with Crippen molar-refractivity contribution in [2.24, 2.45) is 0 Å². The van der Waals surface area contributed by atoms with E-state index in [9.17, 15) is 9.59 Å². The second-order valence-electron chi connectivity index (χ2n) is 7.50. The first-order valence-electron chi connectivity index (χ1n) is 10.0. The van der Waals surface area contributed by atoms with E-state index in [1.165, 1.54) is 0 Å². The number of nitrogens with zero attached hydrogens (tertiary/aromatic N) is 2. The zero-order valence-corrected chi connectivity index (χ0v) is 17.1. The fraction of sp³-hybridized carbons (Fsp3) is 0.318. The number of amides is 2. The predicted molar refractivity (Wildman–Crippen MR) is 115 cm³/mol. The zero-order chi connectivity index (χ0) is 20.5. The van der Waals surface area contributed by atoms with E-state index < -0.39 is 0 Å². The van der Waals surface area contributed by atoms with Crippen molar-refractivity contribution < 1.29 is 18.7 Å². The van der Waals surface area contributed by atoms with Gasteiger partial charge in [-0.05, 0) is 49.1 Å². The first-order chi connectivity index (χ1) is 14.7. The van der Waals surface area contributed by atoms with Gasteiger partial charge in [0.15, 0.2) is 5.58 Å². The first-order valence-corrected chi connectivity index (χ1v) is 10.9. The number of imide groups is 1. The largest absolute Gasteiger partial charge is 0.491 e. The number of aromatic nitrogens is 1. The van der Waals surface area contributed by atoms with Crippen LogP contribution in [0.1, 0.15) is 18.4 Å². The van der Waals surface area contributed by atoms with Gasteiger partial charge in [-0.1, -0.05) is 36.0 Å². The van der Waals surface area contributed by atoms with Crippen molar-refractivity contribution in [3.8, 4) is 5.75 Å². The van der Waals surface area contributed by atoms with Gasteiger partial charge in [0.2, 0.25) is 5.91 Å². The summed E-state index contributed by atoms with van der Waals surface area (Å²) in [5.74, 6) is 0.564. The molecule has 1 N–H and O–H groups in total. The number of benzene rings is 2. The molecule has 2 fully saturated rings. The molecule has 3 heterocycles. The molecule has 2 saturated heterocycles. The van der Waals surface area contributed by atoms with Gasteiger partial charge in [0.05, 0.1) is 11.3 Å². The second-order valence-corrected chi connectivity index (χ2v) is 8.67. The molecule has 154 valence electrons. The van der Waals surface area contributed by atoms with E-state index in [4.69, 9.17) is 9.15 Å². The van der Waals surface area contributed by atoms with Crippen molar-refractivity contribution in [1.29, 1.82) is 0 Å². The first kappa shape index (κ1) is 19.0. The highest BCUT2D eigenvalue weighted by molar-refractivity contribution is 8.15. The normalized spacial score (nSPS) is 21.4. The minimum Gasteiger partial charge on any atom is -0.491 e. The number of hydrogen-bond acceptors (Lipinski definition) is 7. The highest BCUT2D eigenvalue weighted by Gasteiger charge is 2.31. The monoisotopic (exact) mass is 423 g/mol. The Balaban J connectivity index is 1.20. The summed E-state index contributed by atoms with van der Waals surface area (Å²) in [6.07, 6.45) is 2.63. The van der Waals surface area contributed by atoms with E-state index in [-0.39, 0.29) is 22.4 Å². The van der Waals surface area contributed by atoms with E-state index in [1.807, 2.05) is 48.5 Å². The molecule has 7 nitrogen and oxygen atoms in total. The van der Waals surface area contributed by atoms with E-state index in [2.05, 4.69) is 15.2 Å². The Morgan fingerprint density at radius 3 is 2.77 bits per heavy atom. The Morgan fingerprint density at radius 1 is 1.17 bits per heavy atom. The van der Waals surface area contributed by atoms with Crippen LogP contribution in [0.15, 0.2) is 52.9 Å². The highest BCUT2D eigenvalue weighted by Crippen LogP contribution is 2.29. The van der Waals surface area contributed by atoms with Gasteiger partial charge in [-0.3, -0.25) is 14.9 Å². The van der Waals surface area contributed by atoms with Gasteiger partial charge in [-0.15, -0.1) is 0 Å². The molecule has 5 rings (SSSR count). The summed E-state index contributed by atoms with van der Waals surface area (Å²) in [5, 5.41) is 1.69. The molecule has 30 heavy (non-hydrogen) atoms. The molecular weight excluding hydrogens is 402 g/mol. The Hall–Kier alpha value is -3.00. The van der Waals surface area contributed by atoms with Crippen molar-refractivity contribution in [2.45, 2.75) is 30.6 Å². The molecule has 0 bridgehead atoms. The lowest BCUT2D eigenvalue weighted by Crippen LogP contribution is -2.34. The zero-order valence-electron chi connectivity index (χ0n) is 16.2. The van der Waals surface area contributed by atoms with Gasteiger partial charge >= 0.3 is 0 Å². The van der Waals surface area contributed by atoms with E-state index in [1.54, 1.807) is 0 Å². The number of para-hydroxylation sites is 2. The number of ether oxygens (including phenoxy) is 1. The highest BCUT2D eigenvalue weighted by atomic mass is 32.2. The lowest BCUT2D eigenvalue weighted by Gasteiger charge is -2.23. The number of carbonyl (C=O) groups excluding carboxylic acids is 2. The summed E-state index contributed by atoms with van der Waals surface area (Å²) in [5.41, 5.74) is 2.66. The molecule has 2 amide bonds. The third-order valence-electron chi connectivity index (χ3n) is 5.46. The van der Waals surface area contributed by atoms with Gasteiger partial charge in [0, 0.05) is 6.54 Å². The van der Waals surface area contributed by atoms with Crippen LogP contribution in [-0.2, 0) is 11.2 Å². The molecule has 1 aromatic heterocycles. The number of oxazole rings is 1. The van der Waals surface area contributed by atoms with Crippen LogP contribution >= 0.6 is 11.8 Å². The van der Waals surface area contributed by atoms with E-state index in [0.29, 0.717) is 19.0 Å². The predicted octanol–water partition coefficient (Wildman–Crippen LogP) is 3.77. The number of carbonyl (C=O) groups is 2. The van der Waals surface area contributed by atoms with Gasteiger partial charge in [0.1, 0.15) is 17.9 Å². The van der Waals surface area contributed by atoms with Gasteiger partial charge < -0.3 is 14.1 Å². The second kappa shape index (κ2) is 8.02. The Kier molecular flexibility index (Phi) is 5.08. The van der Waals surface area contributed by atoms with Crippen molar-refractivity contribution in [2.75, 3.05) is 18.1 Å². The number of anilines is 1. The third kappa shape index (κ3) is 3.87. The molecule has 0 spiro atoms. The van der Waals surface area contributed by atoms with Crippen LogP contribution in [-0.4, -0.2) is 40.6 Å². The molecule has 1 unspecified atom stereocenters. The molecule has 0 aliphatic carbocycles. The Morgan fingerprint density at radius 2 is 2.00 bits per heavy atom. The maximum absolute atomic E-state index is 11.7. The summed E-state index contributed by atoms with van der Waals surface area (Å²) in [6.45, 7) is 1.45. The Labute approximate surface area is 177 Å². The van der Waals surface area contributed by atoms with Crippen molar-refractivity contribution in [3.05, 3.63) is 54.1 Å². The summed E-state index contributed by atoms with van der Waals surface area (Å²) in [4.78, 5) is 29.8. The maximum atomic E-state index is 11.7. The molecular formula is C22H21N3O4S. The smallest absolute Gasteiger partial charge is 0.298 e. The molecule has 8 heteroatoms. The average molecular weight is 423 g/mol. The Bertz CT molecular complexity index is 1050. The fourth-order valence-electron chi connectivity index (χ4n) is 3.90. The van der Waals surface area contributed by atoms with E-state index in [0.717, 1.165) is 53.6 Å². The van der Waals surface area contributed by atoms with Gasteiger partial charge in [0.25, 0.3) is 11.3 Å². The number of nitrogens with one attached hydrogen (secondary N) is 1. The quantitative estimate of drug-likeness (QED) is 0.646. The molecule has 0 radical (unpaired) electrons. The molecule has 2 aromatic carbocycles. The maximum Gasteiger partial charge on any atom is 0.298 e. The summed E-state index contributed by atoms with van der Waals surface area (Å²) < 4.78 is 12.0. The van der Waals surface area contributed by atoms with Crippen LogP contribution in [0.5, 0.6) is 5.75 Å². The van der Waals surface area contributed by atoms with Crippen LogP contribution in [0.2, 0.25) is 0 Å². The van der Waals surface area contributed by atoms with E-state index >= 15 is 0 Å². The van der Waals surface area contributed by atoms with Crippen LogP contribution in [0.25, 0.3) is 11.1 Å². The summed E-state index contributed by atoms with van der Waals surface area (Å²) >= 11 is 1.05. The van der Waals surface area contributed by atoms with Gasteiger partial charge in [-0.2, -0.15) is 4.98 Å². The standard InChI is InChI=1S/C22H21N3O4S/c26-20-19(30-22(27)24-20)12-14-7-9-16(10-8-14)28-13-15-4-3-11-25(15)21-23-17-5-1-2-6-18(17)29-21/h1-2,5-10,15,19H,3-4,11-13H2,(H,24,26,27)/t15-,19?/m0/s1. The van der Waals surface area contributed by atoms with Crippen molar-refractivity contribution in [3.63, 3.8) is 0 Å². The molecule has 2 aliphatic heterocycles. The average Bonchev–Trinajstić information content (AvgIpc) is 3.45. The van der Waals surface area contributed by atoms with Crippen LogP contribution in [0.3, 0.4) is 0 Å². The fourth-order valence-corrected chi connectivity index (χ4v) is 4.76. The number of fused-ring (bicyclic) bond motifs is 1. The molecule has 2 atom stereocenters. The minimum atomic E-state index is -0.354. The summed E-state index contributed by atoms with van der Waals surface area (Å²) in [6, 6.07) is 16.4. The van der Waals surface area contributed by atoms with Crippen LogP contribution in [0.4, 0.5) is 10.8 Å². The molecule has 2 aliphatic rings. The molecule has 3 aromatic rings. The van der Waals surface area contributed by atoms with Crippen molar-refractivity contribution in [1.82, 2.24) is 10.3 Å². The minimum absolute atomic E-state index is 0.210.